The summed E-state index contributed by atoms with van der Waals surface area (Å²) >= 11 is 11.9. The van der Waals surface area contributed by atoms with Crippen LogP contribution in [0.3, 0.4) is 0 Å². The first kappa shape index (κ1) is 18.6. The number of benzene rings is 1. The number of carbonyl (C=O) groups excluding carboxylic acids is 1. The number of piperazine rings is 1. The first-order chi connectivity index (χ1) is 13.6. The molecular formula is C19H17Cl2N5O2. The molecule has 0 aliphatic carbocycles. The summed E-state index contributed by atoms with van der Waals surface area (Å²) < 4.78 is 5.33. The lowest BCUT2D eigenvalue weighted by molar-refractivity contribution is 0.208. The van der Waals surface area contributed by atoms with Crippen LogP contribution < -0.4 is 10.2 Å². The fourth-order valence-electron chi connectivity index (χ4n) is 2.96. The van der Waals surface area contributed by atoms with Crippen molar-refractivity contribution in [2.24, 2.45) is 0 Å². The van der Waals surface area contributed by atoms with Gasteiger partial charge < -0.3 is 19.5 Å². The van der Waals surface area contributed by atoms with Gasteiger partial charge in [-0.15, -0.1) is 10.2 Å². The van der Waals surface area contributed by atoms with Crippen molar-refractivity contribution in [1.82, 2.24) is 15.1 Å². The molecule has 3 heterocycles. The molecule has 4 rings (SSSR count). The normalized spacial score (nSPS) is 14.2. The van der Waals surface area contributed by atoms with Gasteiger partial charge in [0.1, 0.15) is 5.69 Å². The maximum atomic E-state index is 12.5. The molecule has 1 fully saturated rings. The molecule has 1 aromatic carbocycles. The van der Waals surface area contributed by atoms with E-state index in [9.17, 15) is 4.79 Å². The van der Waals surface area contributed by atoms with E-state index in [4.69, 9.17) is 27.6 Å². The van der Waals surface area contributed by atoms with Crippen LogP contribution >= 0.6 is 23.2 Å². The molecule has 0 spiro atoms. The number of aromatic nitrogens is 2. The predicted octanol–water partition coefficient (Wildman–Crippen LogP) is 4.40. The summed E-state index contributed by atoms with van der Waals surface area (Å²) in [5.74, 6) is 1.46. The summed E-state index contributed by atoms with van der Waals surface area (Å²) in [5.41, 5.74) is 1.30. The Hall–Kier alpha value is -2.77. The first-order valence-electron chi connectivity index (χ1n) is 8.74. The van der Waals surface area contributed by atoms with Crippen molar-refractivity contribution >= 4 is 40.7 Å². The highest BCUT2D eigenvalue weighted by molar-refractivity contribution is 6.42. The van der Waals surface area contributed by atoms with Gasteiger partial charge in [-0.2, -0.15) is 0 Å². The number of furan rings is 1. The van der Waals surface area contributed by atoms with Crippen molar-refractivity contribution in [3.8, 4) is 11.5 Å². The number of hydrogen-bond acceptors (Lipinski definition) is 5. The van der Waals surface area contributed by atoms with Crippen LogP contribution in [-0.2, 0) is 0 Å². The zero-order chi connectivity index (χ0) is 19.5. The van der Waals surface area contributed by atoms with Gasteiger partial charge in [-0.1, -0.05) is 23.2 Å². The smallest absolute Gasteiger partial charge is 0.321 e. The van der Waals surface area contributed by atoms with Crippen molar-refractivity contribution in [2.45, 2.75) is 0 Å². The Bertz CT molecular complexity index is 955. The summed E-state index contributed by atoms with van der Waals surface area (Å²) in [6.07, 6.45) is 1.60. The van der Waals surface area contributed by atoms with Crippen molar-refractivity contribution in [3.05, 3.63) is 58.8 Å². The third-order valence-electron chi connectivity index (χ3n) is 4.49. The molecule has 0 radical (unpaired) electrons. The van der Waals surface area contributed by atoms with Gasteiger partial charge in [-0.05, 0) is 42.5 Å². The van der Waals surface area contributed by atoms with E-state index in [0.29, 0.717) is 53.4 Å². The summed E-state index contributed by atoms with van der Waals surface area (Å²) in [6, 6.07) is 12.3. The van der Waals surface area contributed by atoms with E-state index in [1.165, 1.54) is 0 Å². The molecule has 2 amide bonds. The molecule has 0 unspecified atom stereocenters. The molecule has 144 valence electrons. The SMILES string of the molecule is O=C(Nc1ccc(Cl)c(Cl)c1)N1CCN(c2ccc(-c3ccco3)nn2)CC1. The topological polar surface area (TPSA) is 74.5 Å². The molecule has 9 heteroatoms. The zero-order valence-corrected chi connectivity index (χ0v) is 16.3. The maximum absolute atomic E-state index is 12.5. The molecule has 28 heavy (non-hydrogen) atoms. The van der Waals surface area contributed by atoms with Crippen molar-refractivity contribution < 1.29 is 9.21 Å². The number of carbonyl (C=O) groups is 1. The number of rotatable bonds is 3. The second-order valence-electron chi connectivity index (χ2n) is 6.29. The van der Waals surface area contributed by atoms with Crippen molar-refractivity contribution in [1.29, 1.82) is 0 Å². The average Bonchev–Trinajstić information content (AvgIpc) is 3.26. The van der Waals surface area contributed by atoms with Gasteiger partial charge in [0.2, 0.25) is 0 Å². The van der Waals surface area contributed by atoms with E-state index < -0.39 is 0 Å². The van der Waals surface area contributed by atoms with Crippen LogP contribution in [0.5, 0.6) is 0 Å². The monoisotopic (exact) mass is 417 g/mol. The Morgan fingerprint density at radius 3 is 2.46 bits per heavy atom. The van der Waals surface area contributed by atoms with Gasteiger partial charge in [0.25, 0.3) is 0 Å². The maximum Gasteiger partial charge on any atom is 0.321 e. The summed E-state index contributed by atoms with van der Waals surface area (Å²) in [6.45, 7) is 2.50. The van der Waals surface area contributed by atoms with E-state index in [0.717, 1.165) is 5.82 Å². The van der Waals surface area contributed by atoms with Crippen LogP contribution in [0.4, 0.5) is 16.3 Å². The number of anilines is 2. The lowest BCUT2D eigenvalue weighted by Crippen LogP contribution is -2.50. The lowest BCUT2D eigenvalue weighted by atomic mass is 10.3. The fourth-order valence-corrected chi connectivity index (χ4v) is 3.26. The molecule has 7 nitrogen and oxygen atoms in total. The van der Waals surface area contributed by atoms with E-state index in [-0.39, 0.29) is 6.03 Å². The van der Waals surface area contributed by atoms with Crippen LogP contribution in [-0.4, -0.2) is 47.3 Å². The molecule has 0 atom stereocenters. The van der Waals surface area contributed by atoms with Gasteiger partial charge in [0.05, 0.1) is 16.3 Å². The standard InChI is InChI=1S/C19H17Cl2N5O2/c20-14-4-3-13(12-15(14)21)22-19(27)26-9-7-25(8-10-26)18-6-5-16(23-24-18)17-2-1-11-28-17/h1-6,11-12H,7-10H2,(H,22,27). The third-order valence-corrected chi connectivity index (χ3v) is 5.22. The van der Waals surface area contributed by atoms with Gasteiger partial charge in [0, 0.05) is 31.9 Å². The Morgan fingerprint density at radius 2 is 1.82 bits per heavy atom. The van der Waals surface area contributed by atoms with Gasteiger partial charge in [-0.25, -0.2) is 4.79 Å². The Balaban J connectivity index is 1.33. The van der Waals surface area contributed by atoms with Crippen LogP contribution in [0.2, 0.25) is 10.0 Å². The van der Waals surface area contributed by atoms with Gasteiger partial charge in [0.15, 0.2) is 11.6 Å². The largest absolute Gasteiger partial charge is 0.463 e. The van der Waals surface area contributed by atoms with Crippen molar-refractivity contribution in [3.63, 3.8) is 0 Å². The molecule has 0 saturated carbocycles. The minimum absolute atomic E-state index is 0.169. The second kappa shape index (κ2) is 8.08. The molecule has 1 N–H and O–H groups in total. The zero-order valence-electron chi connectivity index (χ0n) is 14.8. The van der Waals surface area contributed by atoms with Gasteiger partial charge in [-0.3, -0.25) is 0 Å². The Kier molecular flexibility index (Phi) is 5.36. The number of nitrogens with one attached hydrogen (secondary N) is 1. The van der Waals surface area contributed by atoms with Crippen LogP contribution in [0.15, 0.2) is 53.1 Å². The lowest BCUT2D eigenvalue weighted by Gasteiger charge is -2.35. The molecule has 0 bridgehead atoms. The quantitative estimate of drug-likeness (QED) is 0.683. The number of halogens is 2. The number of nitrogens with zero attached hydrogens (tertiary/aromatic N) is 4. The minimum Gasteiger partial charge on any atom is -0.463 e. The molecular weight excluding hydrogens is 401 g/mol. The Morgan fingerprint density at radius 1 is 1.00 bits per heavy atom. The van der Waals surface area contributed by atoms with Crippen LogP contribution in [0, 0.1) is 0 Å². The molecule has 1 aliphatic heterocycles. The first-order valence-corrected chi connectivity index (χ1v) is 9.49. The Labute approximate surface area is 171 Å². The average molecular weight is 418 g/mol. The molecule has 1 saturated heterocycles. The molecule has 2 aromatic heterocycles. The number of hydrogen-bond donors (Lipinski definition) is 1. The minimum atomic E-state index is -0.169. The summed E-state index contributed by atoms with van der Waals surface area (Å²) in [7, 11) is 0. The predicted molar refractivity (Wildman–Crippen MR) is 109 cm³/mol. The summed E-state index contributed by atoms with van der Waals surface area (Å²) in [4.78, 5) is 16.3. The van der Waals surface area contributed by atoms with Crippen molar-refractivity contribution in [2.75, 3.05) is 36.4 Å². The van der Waals surface area contributed by atoms with E-state index >= 15 is 0 Å². The fraction of sp³-hybridized carbons (Fsp3) is 0.211. The van der Waals surface area contributed by atoms with Crippen LogP contribution in [0.25, 0.3) is 11.5 Å². The van der Waals surface area contributed by atoms with E-state index in [2.05, 4.69) is 20.4 Å². The number of amides is 2. The van der Waals surface area contributed by atoms with E-state index in [1.807, 2.05) is 24.3 Å². The van der Waals surface area contributed by atoms with Gasteiger partial charge >= 0.3 is 6.03 Å². The molecule has 1 aliphatic rings. The molecule has 3 aromatic rings. The summed E-state index contributed by atoms with van der Waals surface area (Å²) in [5, 5.41) is 12.2. The number of urea groups is 1. The van der Waals surface area contributed by atoms with Crippen LogP contribution in [0.1, 0.15) is 0 Å². The third kappa shape index (κ3) is 4.05. The highest BCUT2D eigenvalue weighted by Gasteiger charge is 2.22. The highest BCUT2D eigenvalue weighted by atomic mass is 35.5. The van der Waals surface area contributed by atoms with E-state index in [1.54, 1.807) is 29.4 Å². The highest BCUT2D eigenvalue weighted by Crippen LogP contribution is 2.25. The second-order valence-corrected chi connectivity index (χ2v) is 7.10.